The predicted octanol–water partition coefficient (Wildman–Crippen LogP) is -3.29. The van der Waals surface area contributed by atoms with Crippen LogP contribution >= 0.6 is 0 Å². The van der Waals surface area contributed by atoms with Crippen LogP contribution in [0.25, 0.3) is 0 Å². The zero-order valence-corrected chi connectivity index (χ0v) is 9.18. The molecule has 0 amide bonds. The highest BCUT2D eigenvalue weighted by Crippen LogP contribution is 2.39. The molecule has 2 aliphatic rings. The Morgan fingerprint density at radius 2 is 1.76 bits per heavy atom. The summed E-state index contributed by atoms with van der Waals surface area (Å²) in [6, 6.07) is 0. The Morgan fingerprint density at radius 1 is 1.12 bits per heavy atom. The topological polar surface area (TPSA) is 131 Å². The van der Waals surface area contributed by atoms with Gasteiger partial charge in [0.1, 0.15) is 23.9 Å². The Labute approximate surface area is 97.9 Å². The molecule has 100 valence electrons. The summed E-state index contributed by atoms with van der Waals surface area (Å²) in [5, 5.41) is 57.7. The molecule has 7 nitrogen and oxygen atoms in total. The Kier molecular flexibility index (Phi) is 3.43. The van der Waals surface area contributed by atoms with Gasteiger partial charge < -0.3 is 35.4 Å². The van der Waals surface area contributed by atoms with Crippen molar-refractivity contribution in [2.24, 2.45) is 0 Å². The minimum atomic E-state index is -1.80. The molecule has 0 aromatic rings. The van der Waals surface area contributed by atoms with Crippen molar-refractivity contribution >= 4 is 0 Å². The van der Waals surface area contributed by atoms with E-state index in [9.17, 15) is 25.5 Å². The summed E-state index contributed by atoms with van der Waals surface area (Å²) in [5.74, 6) is 0. The van der Waals surface area contributed by atoms with E-state index >= 15 is 0 Å². The molecule has 1 saturated carbocycles. The first kappa shape index (κ1) is 13.2. The lowest BCUT2D eigenvalue weighted by molar-refractivity contribution is -0.301. The maximum absolute atomic E-state index is 10.2. The van der Waals surface area contributed by atoms with E-state index in [1.165, 1.54) is 0 Å². The van der Waals surface area contributed by atoms with Gasteiger partial charge in [-0.05, 0) is 0 Å². The van der Waals surface area contributed by atoms with Crippen LogP contribution in [0.3, 0.4) is 0 Å². The second-order valence-corrected chi connectivity index (χ2v) is 4.85. The summed E-state index contributed by atoms with van der Waals surface area (Å²) in [6.45, 7) is -0.497. The van der Waals surface area contributed by atoms with E-state index in [2.05, 4.69) is 0 Å². The summed E-state index contributed by atoms with van der Waals surface area (Å²) >= 11 is 0. The highest BCUT2D eigenvalue weighted by molar-refractivity contribution is 5.08. The molecule has 0 bridgehead atoms. The number of ether oxygens (including phenoxy) is 1. The van der Waals surface area contributed by atoms with E-state index < -0.39 is 48.8 Å². The van der Waals surface area contributed by atoms with Crippen LogP contribution in [0.1, 0.15) is 12.8 Å². The van der Waals surface area contributed by atoms with Gasteiger partial charge in [-0.15, -0.1) is 0 Å². The largest absolute Gasteiger partial charge is 0.394 e. The maximum atomic E-state index is 10.2. The van der Waals surface area contributed by atoms with E-state index in [4.69, 9.17) is 9.84 Å². The first-order valence-corrected chi connectivity index (χ1v) is 5.61. The normalized spacial score (nSPS) is 55.4. The van der Waals surface area contributed by atoms with Gasteiger partial charge in [0.05, 0.1) is 24.9 Å². The Hall–Kier alpha value is -0.280. The minimum Gasteiger partial charge on any atom is -0.394 e. The lowest BCUT2D eigenvalue weighted by Crippen LogP contribution is -2.70. The van der Waals surface area contributed by atoms with Gasteiger partial charge in [0.2, 0.25) is 0 Å². The Balaban J connectivity index is 2.23. The SMILES string of the molecule is OC[C@H]1O[C@H]2C[C@@H](O)[C@@H](O)C[C@]2(O)[C@@H](O)[C@@H]1O. The molecule has 0 unspecified atom stereocenters. The van der Waals surface area contributed by atoms with Gasteiger partial charge in [0.15, 0.2) is 0 Å². The van der Waals surface area contributed by atoms with Gasteiger partial charge in [0, 0.05) is 12.8 Å². The van der Waals surface area contributed by atoms with Crippen molar-refractivity contribution in [3.05, 3.63) is 0 Å². The molecule has 0 aromatic heterocycles. The monoisotopic (exact) mass is 250 g/mol. The third kappa shape index (κ3) is 1.97. The van der Waals surface area contributed by atoms with Gasteiger partial charge in [-0.1, -0.05) is 0 Å². The molecule has 1 heterocycles. The summed E-state index contributed by atoms with van der Waals surface area (Å²) in [7, 11) is 0. The van der Waals surface area contributed by atoms with Crippen LogP contribution in [-0.2, 0) is 4.74 Å². The summed E-state index contributed by atoms with van der Waals surface area (Å²) in [4.78, 5) is 0. The van der Waals surface area contributed by atoms with Crippen LogP contribution in [0.15, 0.2) is 0 Å². The summed E-state index contributed by atoms with van der Waals surface area (Å²) < 4.78 is 5.26. The Bertz CT molecular complexity index is 286. The van der Waals surface area contributed by atoms with Crippen molar-refractivity contribution in [2.45, 2.75) is 55.1 Å². The lowest BCUT2D eigenvalue weighted by Gasteiger charge is -2.52. The average Bonchev–Trinajstić information content (AvgIpc) is 2.28. The van der Waals surface area contributed by atoms with Gasteiger partial charge in [-0.3, -0.25) is 0 Å². The zero-order valence-electron chi connectivity index (χ0n) is 9.18. The number of aliphatic hydroxyl groups excluding tert-OH is 5. The molecule has 0 aromatic carbocycles. The van der Waals surface area contributed by atoms with Crippen LogP contribution in [-0.4, -0.2) is 79.5 Å². The number of aliphatic hydroxyl groups is 6. The molecule has 0 radical (unpaired) electrons. The van der Waals surface area contributed by atoms with Gasteiger partial charge in [-0.2, -0.15) is 0 Å². The number of fused-ring (bicyclic) bond motifs is 1. The van der Waals surface area contributed by atoms with Crippen LogP contribution in [0.4, 0.5) is 0 Å². The summed E-state index contributed by atoms with van der Waals surface area (Å²) in [5.41, 5.74) is -1.80. The third-order valence-electron chi connectivity index (χ3n) is 3.73. The van der Waals surface area contributed by atoms with Crippen molar-refractivity contribution in [3.63, 3.8) is 0 Å². The van der Waals surface area contributed by atoms with E-state index in [-0.39, 0.29) is 12.8 Å². The van der Waals surface area contributed by atoms with E-state index in [0.717, 1.165) is 0 Å². The van der Waals surface area contributed by atoms with Crippen molar-refractivity contribution in [1.82, 2.24) is 0 Å². The van der Waals surface area contributed by atoms with Crippen molar-refractivity contribution in [2.75, 3.05) is 6.61 Å². The quantitative estimate of drug-likeness (QED) is 0.287. The molecular formula is C10H18O7. The third-order valence-corrected chi connectivity index (χ3v) is 3.73. The fourth-order valence-corrected chi connectivity index (χ4v) is 2.61. The fourth-order valence-electron chi connectivity index (χ4n) is 2.61. The number of hydrogen-bond donors (Lipinski definition) is 6. The molecule has 1 aliphatic carbocycles. The predicted molar refractivity (Wildman–Crippen MR) is 54.0 cm³/mol. The van der Waals surface area contributed by atoms with E-state index in [1.807, 2.05) is 0 Å². The standard InChI is InChI=1S/C10H18O7/c11-3-6-8(14)9(15)10(16)2-5(13)4(12)1-7(10)17-6/h4-9,11-16H,1-3H2/t4-,5+,6-,7+,8-,9+,10-/m1/s1. The van der Waals surface area contributed by atoms with Crippen LogP contribution in [0, 0.1) is 0 Å². The molecule has 2 fully saturated rings. The van der Waals surface area contributed by atoms with Crippen molar-refractivity contribution in [1.29, 1.82) is 0 Å². The second kappa shape index (κ2) is 4.43. The van der Waals surface area contributed by atoms with Crippen molar-refractivity contribution in [3.8, 4) is 0 Å². The molecular weight excluding hydrogens is 232 g/mol. The summed E-state index contributed by atoms with van der Waals surface area (Å²) in [6.07, 6.45) is -7.44. The van der Waals surface area contributed by atoms with E-state index in [0.29, 0.717) is 0 Å². The van der Waals surface area contributed by atoms with Crippen molar-refractivity contribution < 1.29 is 35.4 Å². The molecule has 1 saturated heterocycles. The molecule has 1 aliphatic heterocycles. The smallest absolute Gasteiger partial charge is 0.122 e. The van der Waals surface area contributed by atoms with E-state index in [1.54, 1.807) is 0 Å². The second-order valence-electron chi connectivity index (χ2n) is 4.85. The molecule has 2 rings (SSSR count). The first-order valence-electron chi connectivity index (χ1n) is 5.61. The highest BCUT2D eigenvalue weighted by Gasteiger charge is 2.58. The van der Waals surface area contributed by atoms with Crippen LogP contribution in [0.5, 0.6) is 0 Å². The van der Waals surface area contributed by atoms with Crippen LogP contribution in [0.2, 0.25) is 0 Å². The maximum Gasteiger partial charge on any atom is 0.122 e. The molecule has 7 atom stereocenters. The molecule has 0 spiro atoms. The minimum absolute atomic E-state index is 0.0576. The van der Waals surface area contributed by atoms with Gasteiger partial charge in [-0.25, -0.2) is 0 Å². The Morgan fingerprint density at radius 3 is 2.35 bits per heavy atom. The average molecular weight is 250 g/mol. The number of hydrogen-bond acceptors (Lipinski definition) is 7. The fraction of sp³-hybridized carbons (Fsp3) is 1.00. The zero-order chi connectivity index (χ0) is 12.8. The van der Waals surface area contributed by atoms with Gasteiger partial charge >= 0.3 is 0 Å². The van der Waals surface area contributed by atoms with Crippen LogP contribution < -0.4 is 0 Å². The van der Waals surface area contributed by atoms with Gasteiger partial charge in [0.25, 0.3) is 0 Å². The lowest BCUT2D eigenvalue weighted by atomic mass is 9.71. The molecule has 17 heavy (non-hydrogen) atoms. The highest BCUT2D eigenvalue weighted by atomic mass is 16.5. The molecule has 6 N–H and O–H groups in total. The molecule has 7 heteroatoms. The number of rotatable bonds is 1. The first-order chi connectivity index (χ1) is 7.90.